The molecular weight excluding hydrogens is 456 g/mol. The van der Waals surface area contributed by atoms with Gasteiger partial charge in [-0.2, -0.15) is 0 Å². The monoisotopic (exact) mass is 508 g/mol. The third-order valence-electron chi connectivity index (χ3n) is 9.70. The van der Waals surface area contributed by atoms with Gasteiger partial charge in [0, 0.05) is 5.41 Å². The van der Waals surface area contributed by atoms with E-state index in [1.54, 1.807) is 0 Å². The number of hydrogen-bond donors (Lipinski definition) is 0. The Hall–Kier alpha value is 0.150. The van der Waals surface area contributed by atoms with E-state index in [0.717, 1.165) is 30.6 Å². The Morgan fingerprint density at radius 3 is 1.59 bits per heavy atom. The van der Waals surface area contributed by atoms with Crippen molar-refractivity contribution in [1.82, 2.24) is 0 Å². The van der Waals surface area contributed by atoms with Crippen molar-refractivity contribution in [1.29, 1.82) is 0 Å². The molecule has 186 valence electrons. The highest BCUT2D eigenvalue weighted by Crippen LogP contribution is 2.63. The summed E-state index contributed by atoms with van der Waals surface area (Å²) in [5.41, 5.74) is 0.0338. The van der Waals surface area contributed by atoms with Crippen molar-refractivity contribution in [3.63, 3.8) is 0 Å². The van der Waals surface area contributed by atoms with E-state index in [-0.39, 0.29) is 15.2 Å². The summed E-state index contributed by atoms with van der Waals surface area (Å²) in [4.78, 5) is 14.4. The van der Waals surface area contributed by atoms with Crippen LogP contribution in [0.15, 0.2) is 0 Å². The fraction of sp³-hybridized carbons (Fsp3) is 0.967. The first kappa shape index (κ1) is 26.7. The molecule has 0 N–H and O–H groups in total. The highest BCUT2D eigenvalue weighted by atomic mass is 79.9. The molecule has 0 amide bonds. The highest BCUT2D eigenvalue weighted by molar-refractivity contribution is 9.10. The van der Waals surface area contributed by atoms with E-state index < -0.39 is 0 Å². The quantitative estimate of drug-likeness (QED) is 0.149. The molecule has 0 heterocycles. The molecule has 0 radical (unpaired) electrons. The zero-order valence-corrected chi connectivity index (χ0v) is 23.5. The number of unbranched alkanes of at least 4 members (excludes halogenated alkanes) is 9. The summed E-state index contributed by atoms with van der Waals surface area (Å²) in [6, 6.07) is 0. The van der Waals surface area contributed by atoms with Gasteiger partial charge in [0.05, 0.1) is 4.32 Å². The van der Waals surface area contributed by atoms with Gasteiger partial charge >= 0.3 is 0 Å². The molecule has 0 saturated heterocycles. The first-order chi connectivity index (χ1) is 15.3. The summed E-state index contributed by atoms with van der Waals surface area (Å²) in [5.74, 6) is 3.14. The minimum Gasteiger partial charge on any atom is -0.297 e. The van der Waals surface area contributed by atoms with Crippen molar-refractivity contribution in [2.45, 2.75) is 154 Å². The van der Waals surface area contributed by atoms with Gasteiger partial charge in [-0.15, -0.1) is 0 Å². The van der Waals surface area contributed by atoms with Gasteiger partial charge < -0.3 is 0 Å². The highest BCUT2D eigenvalue weighted by Gasteiger charge is 2.61. The van der Waals surface area contributed by atoms with Crippen LogP contribution in [-0.4, -0.2) is 10.1 Å². The summed E-state index contributed by atoms with van der Waals surface area (Å²) in [6.45, 7) is 9.34. The maximum Gasteiger partial charge on any atom is 0.156 e. The van der Waals surface area contributed by atoms with E-state index in [9.17, 15) is 4.79 Å². The lowest BCUT2D eigenvalue weighted by Gasteiger charge is -2.59. The average molecular weight is 510 g/mol. The SMILES string of the molecule is CCCCCCCCCCCCC(C)(C)C(Br)(CCC)C(=O)C12CC3CC(CC(C3)C1)C2. The molecule has 4 fully saturated rings. The largest absolute Gasteiger partial charge is 0.297 e. The predicted octanol–water partition coefficient (Wildman–Crippen LogP) is 10.0. The Morgan fingerprint density at radius 1 is 0.719 bits per heavy atom. The van der Waals surface area contributed by atoms with Crippen LogP contribution in [0.1, 0.15) is 150 Å². The molecule has 4 aliphatic carbocycles. The van der Waals surface area contributed by atoms with Crippen LogP contribution in [0.3, 0.4) is 0 Å². The number of hydrogen-bond acceptors (Lipinski definition) is 1. The number of halogens is 1. The third-order valence-corrected chi connectivity index (χ3v) is 11.5. The van der Waals surface area contributed by atoms with E-state index in [4.69, 9.17) is 0 Å². The molecule has 0 aliphatic heterocycles. The topological polar surface area (TPSA) is 17.1 Å². The summed E-state index contributed by atoms with van der Waals surface area (Å²) < 4.78 is -0.334. The Balaban J connectivity index is 1.51. The van der Waals surface area contributed by atoms with Crippen LogP contribution in [0.4, 0.5) is 0 Å². The van der Waals surface area contributed by atoms with Crippen LogP contribution >= 0.6 is 15.9 Å². The standard InChI is InChI=1S/C30H53BrO/c1-5-7-8-9-10-11-12-13-14-15-17-28(3,4)30(31,16-6-2)27(32)29-21-24-18-25(22-29)20-26(19-24)23-29/h24-26H,5-23H2,1-4H3. The Morgan fingerprint density at radius 2 is 1.16 bits per heavy atom. The number of rotatable bonds is 16. The lowest BCUT2D eigenvalue weighted by atomic mass is 9.46. The minimum atomic E-state index is -0.334. The molecule has 4 saturated carbocycles. The van der Waals surface area contributed by atoms with Crippen molar-refractivity contribution in [3.8, 4) is 0 Å². The third kappa shape index (κ3) is 6.04. The lowest BCUT2D eigenvalue weighted by Crippen LogP contribution is -2.58. The average Bonchev–Trinajstić information content (AvgIpc) is 2.73. The van der Waals surface area contributed by atoms with Gasteiger partial charge in [0.1, 0.15) is 0 Å². The summed E-state index contributed by atoms with van der Waals surface area (Å²) >= 11 is 4.20. The van der Waals surface area contributed by atoms with Crippen molar-refractivity contribution in [3.05, 3.63) is 0 Å². The molecule has 2 heteroatoms. The van der Waals surface area contributed by atoms with E-state index >= 15 is 0 Å². The zero-order chi connectivity index (χ0) is 23.2. The van der Waals surface area contributed by atoms with E-state index in [2.05, 4.69) is 43.6 Å². The second-order valence-corrected chi connectivity index (χ2v) is 14.2. The molecule has 32 heavy (non-hydrogen) atoms. The van der Waals surface area contributed by atoms with E-state index in [1.165, 1.54) is 109 Å². The first-order valence-corrected chi connectivity index (χ1v) is 15.3. The molecule has 4 rings (SSSR count). The van der Waals surface area contributed by atoms with Crippen LogP contribution in [0.2, 0.25) is 0 Å². The van der Waals surface area contributed by atoms with Gasteiger partial charge in [-0.25, -0.2) is 0 Å². The Bertz CT molecular complexity index is 558. The number of carbonyl (C=O) groups excluding carboxylic acids is 1. The number of Topliss-reactive ketones (excluding diaryl/α,β-unsaturated/α-hetero) is 1. The number of ketones is 1. The maximum absolute atomic E-state index is 14.4. The molecule has 1 atom stereocenters. The maximum atomic E-state index is 14.4. The van der Waals surface area contributed by atoms with Gasteiger partial charge in [-0.05, 0) is 74.5 Å². The van der Waals surface area contributed by atoms with Gasteiger partial charge in [-0.3, -0.25) is 4.79 Å². The normalized spacial score (nSPS) is 31.1. The Kier molecular flexibility index (Phi) is 9.80. The molecule has 0 aromatic rings. The van der Waals surface area contributed by atoms with Crippen molar-refractivity contribution in [2.24, 2.45) is 28.6 Å². The second-order valence-electron chi connectivity index (χ2n) is 12.9. The molecule has 1 unspecified atom stereocenters. The summed E-state index contributed by atoms with van der Waals surface area (Å²) in [6.07, 6.45) is 24.9. The number of alkyl halides is 1. The molecule has 0 aromatic heterocycles. The van der Waals surface area contributed by atoms with Crippen LogP contribution in [0, 0.1) is 28.6 Å². The van der Waals surface area contributed by atoms with Crippen molar-refractivity contribution in [2.75, 3.05) is 0 Å². The van der Waals surface area contributed by atoms with Crippen LogP contribution in [0.25, 0.3) is 0 Å². The lowest BCUT2D eigenvalue weighted by molar-refractivity contribution is -0.149. The fourth-order valence-corrected chi connectivity index (χ4v) is 9.18. The smallest absolute Gasteiger partial charge is 0.156 e. The van der Waals surface area contributed by atoms with E-state index in [1.807, 2.05) is 0 Å². The molecule has 1 nitrogen and oxygen atoms in total. The Labute approximate surface area is 208 Å². The molecule has 0 aromatic carbocycles. The van der Waals surface area contributed by atoms with Gasteiger partial charge in [0.25, 0.3) is 0 Å². The minimum absolute atomic E-state index is 0.00245. The summed E-state index contributed by atoms with van der Waals surface area (Å²) in [5, 5.41) is 0. The van der Waals surface area contributed by atoms with Crippen LogP contribution in [0.5, 0.6) is 0 Å². The molecular formula is C30H53BrO. The van der Waals surface area contributed by atoms with Crippen LogP contribution < -0.4 is 0 Å². The second kappa shape index (κ2) is 11.7. The van der Waals surface area contributed by atoms with Gasteiger partial charge in [-0.1, -0.05) is 114 Å². The van der Waals surface area contributed by atoms with Crippen molar-refractivity contribution >= 4 is 21.7 Å². The van der Waals surface area contributed by atoms with Crippen LogP contribution in [-0.2, 0) is 4.79 Å². The zero-order valence-electron chi connectivity index (χ0n) is 22.0. The fourth-order valence-electron chi connectivity index (χ4n) is 8.17. The molecule has 0 spiro atoms. The van der Waals surface area contributed by atoms with E-state index in [0.29, 0.717) is 5.78 Å². The number of carbonyl (C=O) groups is 1. The predicted molar refractivity (Wildman–Crippen MR) is 142 cm³/mol. The molecule has 4 aliphatic rings. The van der Waals surface area contributed by atoms with Crippen molar-refractivity contribution < 1.29 is 4.79 Å². The summed E-state index contributed by atoms with van der Waals surface area (Å²) in [7, 11) is 0. The van der Waals surface area contributed by atoms with Gasteiger partial charge in [0.2, 0.25) is 0 Å². The first-order valence-electron chi connectivity index (χ1n) is 14.5. The molecule has 4 bridgehead atoms. The van der Waals surface area contributed by atoms with Gasteiger partial charge in [0.15, 0.2) is 5.78 Å².